The van der Waals surface area contributed by atoms with Crippen molar-refractivity contribution in [1.29, 1.82) is 0 Å². The van der Waals surface area contributed by atoms with E-state index in [1.54, 1.807) is 0 Å². The minimum absolute atomic E-state index is 0.324. The van der Waals surface area contributed by atoms with E-state index >= 15 is 0 Å². The molecule has 4 heteroatoms. The predicted octanol–water partition coefficient (Wildman–Crippen LogP) is 3.32. The maximum absolute atomic E-state index is 10.2. The van der Waals surface area contributed by atoms with E-state index in [1.807, 2.05) is 0 Å². The van der Waals surface area contributed by atoms with Crippen LogP contribution in [0.1, 0.15) is 72.6 Å². The van der Waals surface area contributed by atoms with Crippen molar-refractivity contribution in [3.63, 3.8) is 0 Å². The summed E-state index contributed by atoms with van der Waals surface area (Å²) in [5.41, 5.74) is 2.96. The van der Waals surface area contributed by atoms with Gasteiger partial charge in [0.2, 0.25) is 0 Å². The second-order valence-electron chi connectivity index (χ2n) is 5.82. The van der Waals surface area contributed by atoms with Crippen LogP contribution in [0.15, 0.2) is 0 Å². The molecular formula is C14H32N2O2. The zero-order chi connectivity index (χ0) is 14.4. The zero-order valence-electron chi connectivity index (χ0n) is 12.6. The monoisotopic (exact) mass is 260 g/mol. The average Bonchev–Trinajstić information content (AvgIpc) is 2.24. The molecule has 0 heterocycles. The van der Waals surface area contributed by atoms with Gasteiger partial charge in [0.05, 0.1) is 0 Å². The molecule has 110 valence electrons. The highest BCUT2D eigenvalue weighted by Crippen LogP contribution is 2.22. The fourth-order valence-electron chi connectivity index (χ4n) is 1.39. The fraction of sp³-hybridized carbons (Fsp3) is 0.929. The quantitative estimate of drug-likeness (QED) is 0.355. The number of aliphatic carboxylic acids is 1. The van der Waals surface area contributed by atoms with Crippen LogP contribution in [0.3, 0.4) is 0 Å². The van der Waals surface area contributed by atoms with Gasteiger partial charge >= 0.3 is 5.97 Å². The van der Waals surface area contributed by atoms with E-state index in [-0.39, 0.29) is 0 Å². The van der Waals surface area contributed by atoms with Crippen molar-refractivity contribution < 1.29 is 9.90 Å². The predicted molar refractivity (Wildman–Crippen MR) is 77.3 cm³/mol. The molecule has 0 aromatic rings. The molecule has 0 bridgehead atoms. The van der Waals surface area contributed by atoms with Gasteiger partial charge < -0.3 is 5.11 Å². The third-order valence-corrected chi connectivity index (χ3v) is 2.49. The number of nitrogens with one attached hydrogen (secondary N) is 1. The van der Waals surface area contributed by atoms with Crippen LogP contribution >= 0.6 is 0 Å². The second kappa shape index (κ2) is 12.8. The molecule has 0 aliphatic heterocycles. The van der Waals surface area contributed by atoms with Crippen molar-refractivity contribution in [2.24, 2.45) is 11.3 Å². The first kappa shape index (κ1) is 19.7. The molecule has 0 rings (SSSR count). The molecule has 4 N–H and O–H groups in total. The van der Waals surface area contributed by atoms with Gasteiger partial charge in [-0.3, -0.25) is 16.1 Å². The van der Waals surface area contributed by atoms with Gasteiger partial charge in [0.25, 0.3) is 0 Å². The average molecular weight is 260 g/mol. The number of hydrogen-bond acceptors (Lipinski definition) is 3. The summed E-state index contributed by atoms with van der Waals surface area (Å²) in [6, 6.07) is 0. The largest absolute Gasteiger partial charge is 0.481 e. The Morgan fingerprint density at radius 3 is 2.11 bits per heavy atom. The molecule has 0 aromatic heterocycles. The van der Waals surface area contributed by atoms with Gasteiger partial charge in [-0.1, -0.05) is 47.0 Å². The maximum atomic E-state index is 10.2. The SMILES string of the molecule is CC(C)(C)CCCCCC(=O)O.CCCCNN. The minimum atomic E-state index is -0.675. The van der Waals surface area contributed by atoms with Crippen LogP contribution < -0.4 is 11.3 Å². The Kier molecular flexibility index (Phi) is 14.1. The van der Waals surface area contributed by atoms with Gasteiger partial charge in [-0.25, -0.2) is 0 Å². The molecule has 0 aliphatic carbocycles. The van der Waals surface area contributed by atoms with Crippen LogP contribution in [-0.2, 0) is 4.79 Å². The van der Waals surface area contributed by atoms with Gasteiger partial charge in [-0.05, 0) is 24.7 Å². The second-order valence-corrected chi connectivity index (χ2v) is 5.82. The van der Waals surface area contributed by atoms with Gasteiger partial charge in [-0.15, -0.1) is 0 Å². The molecule has 0 radical (unpaired) electrons. The van der Waals surface area contributed by atoms with Crippen LogP contribution in [0.4, 0.5) is 0 Å². The number of carboxylic acids is 1. The lowest BCUT2D eigenvalue weighted by Crippen LogP contribution is -2.22. The molecule has 0 saturated heterocycles. The molecule has 4 nitrogen and oxygen atoms in total. The zero-order valence-corrected chi connectivity index (χ0v) is 12.6. The Morgan fingerprint density at radius 1 is 1.17 bits per heavy atom. The topological polar surface area (TPSA) is 75.3 Å². The first-order valence-corrected chi connectivity index (χ1v) is 6.98. The summed E-state index contributed by atoms with van der Waals surface area (Å²) in [4.78, 5) is 10.2. The number of hydrazine groups is 1. The van der Waals surface area contributed by atoms with Gasteiger partial charge in [-0.2, -0.15) is 0 Å². The third kappa shape index (κ3) is 24.6. The van der Waals surface area contributed by atoms with Gasteiger partial charge in [0, 0.05) is 13.0 Å². The number of nitrogens with two attached hydrogens (primary N) is 1. The summed E-state index contributed by atoms with van der Waals surface area (Å²) < 4.78 is 0. The maximum Gasteiger partial charge on any atom is 0.303 e. The van der Waals surface area contributed by atoms with Crippen molar-refractivity contribution in [1.82, 2.24) is 5.43 Å². The van der Waals surface area contributed by atoms with Crippen molar-refractivity contribution in [2.75, 3.05) is 6.54 Å². The summed E-state index contributed by atoms with van der Waals surface area (Å²) >= 11 is 0. The van der Waals surface area contributed by atoms with Crippen LogP contribution in [0.25, 0.3) is 0 Å². The minimum Gasteiger partial charge on any atom is -0.481 e. The van der Waals surface area contributed by atoms with Crippen molar-refractivity contribution in [2.45, 2.75) is 72.6 Å². The van der Waals surface area contributed by atoms with E-state index < -0.39 is 5.97 Å². The standard InChI is InChI=1S/C10H20O2.C4H12N2/c1-10(2,3)8-6-4-5-7-9(11)12;1-2-3-4-6-5/h4-8H2,1-3H3,(H,11,12);6H,2-5H2,1H3. The molecule has 0 aliphatic rings. The van der Waals surface area contributed by atoms with E-state index in [4.69, 9.17) is 10.9 Å². The van der Waals surface area contributed by atoms with Crippen LogP contribution in [0.2, 0.25) is 0 Å². The Morgan fingerprint density at radius 2 is 1.78 bits per heavy atom. The van der Waals surface area contributed by atoms with Crippen LogP contribution in [0.5, 0.6) is 0 Å². The Hall–Kier alpha value is -0.610. The van der Waals surface area contributed by atoms with Crippen molar-refractivity contribution in [3.05, 3.63) is 0 Å². The van der Waals surface area contributed by atoms with Crippen molar-refractivity contribution >= 4 is 5.97 Å². The summed E-state index contributed by atoms with van der Waals surface area (Å²) in [6.45, 7) is 9.71. The molecule has 0 spiro atoms. The summed E-state index contributed by atoms with van der Waals surface area (Å²) in [7, 11) is 0. The third-order valence-electron chi connectivity index (χ3n) is 2.49. The highest BCUT2D eigenvalue weighted by molar-refractivity contribution is 5.66. The molecule has 0 atom stereocenters. The molecular weight excluding hydrogens is 228 g/mol. The smallest absolute Gasteiger partial charge is 0.303 e. The summed E-state index contributed by atoms with van der Waals surface area (Å²) in [6.07, 6.45) is 6.92. The van der Waals surface area contributed by atoms with E-state index in [1.165, 1.54) is 19.3 Å². The van der Waals surface area contributed by atoms with Crippen molar-refractivity contribution in [3.8, 4) is 0 Å². The van der Waals surface area contributed by atoms with E-state index in [9.17, 15) is 4.79 Å². The first-order chi connectivity index (χ1) is 8.33. The lowest BCUT2D eigenvalue weighted by Gasteiger charge is -2.17. The van der Waals surface area contributed by atoms with E-state index in [0.717, 1.165) is 25.8 Å². The molecule has 0 unspecified atom stereocenters. The summed E-state index contributed by atoms with van der Waals surface area (Å²) in [5.74, 6) is 4.29. The van der Waals surface area contributed by atoms with Gasteiger partial charge in [0.1, 0.15) is 0 Å². The normalized spacial score (nSPS) is 10.7. The number of unbranched alkanes of at least 4 members (excludes halogenated alkanes) is 3. The molecule has 0 amide bonds. The Balaban J connectivity index is 0. The molecule has 0 fully saturated rings. The van der Waals surface area contributed by atoms with Crippen LogP contribution in [0, 0.1) is 5.41 Å². The van der Waals surface area contributed by atoms with E-state index in [2.05, 4.69) is 33.1 Å². The lowest BCUT2D eigenvalue weighted by atomic mass is 9.89. The highest BCUT2D eigenvalue weighted by Gasteiger charge is 2.08. The fourth-order valence-corrected chi connectivity index (χ4v) is 1.39. The van der Waals surface area contributed by atoms with Gasteiger partial charge in [0.15, 0.2) is 0 Å². The number of rotatable bonds is 8. The number of carboxylic acid groups (broad SMARTS) is 1. The molecule has 18 heavy (non-hydrogen) atoms. The number of hydrogen-bond donors (Lipinski definition) is 3. The number of carbonyl (C=O) groups is 1. The molecule has 0 aromatic carbocycles. The first-order valence-electron chi connectivity index (χ1n) is 6.98. The Bertz CT molecular complexity index is 185. The van der Waals surface area contributed by atoms with Crippen LogP contribution in [-0.4, -0.2) is 17.6 Å². The lowest BCUT2D eigenvalue weighted by molar-refractivity contribution is -0.137. The summed E-state index contributed by atoms with van der Waals surface area (Å²) in [5, 5.41) is 8.37. The van der Waals surface area contributed by atoms with E-state index in [0.29, 0.717) is 11.8 Å². The molecule has 0 saturated carbocycles. The Labute approximate surface area is 112 Å². The highest BCUT2D eigenvalue weighted by atomic mass is 16.4.